The van der Waals surface area contributed by atoms with Gasteiger partial charge in [-0.15, -0.1) is 5.10 Å². The summed E-state index contributed by atoms with van der Waals surface area (Å²) in [4.78, 5) is 30.6. The highest BCUT2D eigenvalue weighted by atomic mass is 19.4. The van der Waals surface area contributed by atoms with Gasteiger partial charge in [0, 0.05) is 0 Å². The van der Waals surface area contributed by atoms with Crippen molar-refractivity contribution in [3.8, 4) is 5.75 Å². The zero-order valence-electron chi connectivity index (χ0n) is 20.9. The van der Waals surface area contributed by atoms with Crippen LogP contribution in [-0.4, -0.2) is 64.5 Å². The predicted octanol–water partition coefficient (Wildman–Crippen LogP) is 4.40. The highest BCUT2D eigenvalue weighted by Crippen LogP contribution is 2.38. The Morgan fingerprint density at radius 3 is 2.50 bits per heavy atom. The van der Waals surface area contributed by atoms with Gasteiger partial charge in [0.1, 0.15) is 18.0 Å². The number of aliphatic imine (C=N–C) groups is 1. The van der Waals surface area contributed by atoms with Crippen molar-refractivity contribution >= 4 is 34.9 Å². The first-order chi connectivity index (χ1) is 17.9. The van der Waals surface area contributed by atoms with Crippen molar-refractivity contribution < 1.29 is 33.0 Å². The molecule has 0 atom stereocenters. The second kappa shape index (κ2) is 10.8. The van der Waals surface area contributed by atoms with Crippen molar-refractivity contribution in [1.29, 1.82) is 0 Å². The van der Waals surface area contributed by atoms with E-state index in [1.54, 1.807) is 37.3 Å². The number of rotatable bonds is 7. The van der Waals surface area contributed by atoms with E-state index >= 15 is 0 Å². The number of aromatic hydroxyl groups is 1. The van der Waals surface area contributed by atoms with Gasteiger partial charge in [0.2, 0.25) is 5.84 Å². The first-order valence-corrected chi connectivity index (χ1v) is 12.1. The Hall–Kier alpha value is -3.93. The lowest BCUT2D eigenvalue weighted by Crippen LogP contribution is -2.36. The fourth-order valence-electron chi connectivity index (χ4n) is 4.63. The lowest BCUT2D eigenvalue weighted by molar-refractivity contribution is -0.138. The van der Waals surface area contributed by atoms with Gasteiger partial charge in [-0.3, -0.25) is 24.8 Å². The van der Waals surface area contributed by atoms with Crippen LogP contribution in [0.3, 0.4) is 0 Å². The van der Waals surface area contributed by atoms with E-state index in [1.165, 1.54) is 6.07 Å². The molecule has 0 spiro atoms. The summed E-state index contributed by atoms with van der Waals surface area (Å²) in [5.41, 5.74) is 5.39. The van der Waals surface area contributed by atoms with Gasteiger partial charge in [-0.1, -0.05) is 18.2 Å². The number of carbonyl (C=O) groups is 2. The molecule has 0 aliphatic carbocycles. The summed E-state index contributed by atoms with van der Waals surface area (Å²) >= 11 is 0. The molecule has 2 heterocycles. The Labute approximate surface area is 217 Å². The van der Waals surface area contributed by atoms with Gasteiger partial charge in [-0.2, -0.15) is 13.2 Å². The highest BCUT2D eigenvalue weighted by Gasteiger charge is 2.40. The number of hydrogen-bond acceptors (Lipinski definition) is 6. The minimum Gasteiger partial charge on any atom is -0.505 e. The van der Waals surface area contributed by atoms with E-state index in [0.717, 1.165) is 16.0 Å². The van der Waals surface area contributed by atoms with Crippen LogP contribution in [0.4, 0.5) is 24.5 Å². The molecule has 2 aliphatic rings. The summed E-state index contributed by atoms with van der Waals surface area (Å²) in [7, 11) is 0. The number of hydrogen-bond donors (Lipinski definition) is 3. The van der Waals surface area contributed by atoms with Crippen LogP contribution in [0, 0.1) is 13.8 Å². The number of alkyl halides is 3. The fourth-order valence-corrected chi connectivity index (χ4v) is 4.63. The average Bonchev–Trinajstić information content (AvgIpc) is 3.13. The van der Waals surface area contributed by atoms with Crippen LogP contribution in [-0.2, 0) is 9.59 Å². The summed E-state index contributed by atoms with van der Waals surface area (Å²) in [6.45, 7) is 4.74. The molecule has 202 valence electrons. The fraction of sp³-hybridized carbons (Fsp3) is 0.385. The van der Waals surface area contributed by atoms with Gasteiger partial charge in [-0.05, 0) is 80.6 Å². The Kier molecular flexibility index (Phi) is 7.72. The summed E-state index contributed by atoms with van der Waals surface area (Å²) in [5.74, 6) is -2.77. The van der Waals surface area contributed by atoms with E-state index in [4.69, 9.17) is 5.11 Å². The topological polar surface area (TPSA) is 118 Å². The number of likely N-dealkylation sites (tertiary alicyclic amines) is 1. The molecule has 38 heavy (non-hydrogen) atoms. The van der Waals surface area contributed by atoms with Crippen LogP contribution < -0.4 is 10.3 Å². The highest BCUT2D eigenvalue weighted by molar-refractivity contribution is 6.54. The number of phenolic OH excluding ortho intramolecular Hbond substituents is 1. The third-order valence-electron chi connectivity index (χ3n) is 6.73. The Bertz CT molecular complexity index is 1300. The maximum absolute atomic E-state index is 13.3. The van der Waals surface area contributed by atoms with E-state index < -0.39 is 36.1 Å². The molecule has 0 bridgehead atoms. The SMILES string of the molecule is Cc1ccc(N2C(=O)C(=NNc3cccc(C4CCN(CC(=O)O)CC4)c3O)N=C2CC(F)(F)F)cc1C. The van der Waals surface area contributed by atoms with Crippen LogP contribution in [0.25, 0.3) is 0 Å². The van der Waals surface area contributed by atoms with Crippen LogP contribution in [0.15, 0.2) is 46.5 Å². The van der Waals surface area contributed by atoms with Crippen molar-refractivity contribution in [3.05, 3.63) is 53.1 Å². The number of nitrogens with one attached hydrogen (secondary N) is 1. The summed E-state index contributed by atoms with van der Waals surface area (Å²) in [6, 6.07) is 9.87. The molecular weight excluding hydrogens is 503 g/mol. The third-order valence-corrected chi connectivity index (χ3v) is 6.73. The third kappa shape index (κ3) is 6.13. The second-order valence-electron chi connectivity index (χ2n) is 9.46. The molecule has 2 aromatic rings. The van der Waals surface area contributed by atoms with Gasteiger partial charge >= 0.3 is 18.1 Å². The first-order valence-electron chi connectivity index (χ1n) is 12.1. The second-order valence-corrected chi connectivity index (χ2v) is 9.46. The first kappa shape index (κ1) is 27.1. The molecule has 2 aliphatic heterocycles. The van der Waals surface area contributed by atoms with Gasteiger partial charge in [0.15, 0.2) is 0 Å². The maximum Gasteiger partial charge on any atom is 0.396 e. The van der Waals surface area contributed by atoms with E-state index in [9.17, 15) is 27.9 Å². The number of phenols is 1. The molecule has 9 nitrogen and oxygen atoms in total. The van der Waals surface area contributed by atoms with Gasteiger partial charge < -0.3 is 10.2 Å². The number of carboxylic acid groups (broad SMARTS) is 1. The molecule has 1 fully saturated rings. The molecule has 3 N–H and O–H groups in total. The minimum atomic E-state index is -4.59. The molecule has 0 aromatic heterocycles. The smallest absolute Gasteiger partial charge is 0.396 e. The van der Waals surface area contributed by atoms with Crippen molar-refractivity contribution in [1.82, 2.24) is 4.90 Å². The number of amidine groups is 2. The van der Waals surface area contributed by atoms with Crippen molar-refractivity contribution in [2.24, 2.45) is 10.1 Å². The van der Waals surface area contributed by atoms with Gasteiger partial charge in [0.05, 0.1) is 17.9 Å². The van der Waals surface area contributed by atoms with Crippen LogP contribution in [0.5, 0.6) is 5.75 Å². The lowest BCUT2D eigenvalue weighted by atomic mass is 9.88. The number of amides is 1. The molecule has 2 aromatic carbocycles. The number of aryl methyl sites for hydroxylation is 2. The quantitative estimate of drug-likeness (QED) is 0.360. The molecular formula is C26H28F3N5O4. The Balaban J connectivity index is 1.55. The zero-order chi connectivity index (χ0) is 27.6. The number of benzene rings is 2. The number of nitrogens with zero attached hydrogens (tertiary/aromatic N) is 4. The Morgan fingerprint density at radius 1 is 1.16 bits per heavy atom. The van der Waals surface area contributed by atoms with Crippen molar-refractivity contribution in [2.45, 2.75) is 45.2 Å². The number of carbonyl (C=O) groups excluding carboxylic acids is 1. The molecule has 12 heteroatoms. The van der Waals surface area contributed by atoms with Crippen molar-refractivity contribution in [3.63, 3.8) is 0 Å². The molecule has 0 saturated carbocycles. The lowest BCUT2D eigenvalue weighted by Gasteiger charge is -2.31. The number of hydrazone groups is 1. The zero-order valence-corrected chi connectivity index (χ0v) is 20.9. The Morgan fingerprint density at radius 2 is 1.87 bits per heavy atom. The summed E-state index contributed by atoms with van der Waals surface area (Å²) in [6.07, 6.45) is -4.71. The number of carboxylic acids is 1. The normalized spacial score (nSPS) is 18.2. The summed E-state index contributed by atoms with van der Waals surface area (Å²) < 4.78 is 39.8. The minimum absolute atomic E-state index is 0.0146. The van der Waals surface area contributed by atoms with Crippen LogP contribution in [0.2, 0.25) is 0 Å². The molecule has 1 saturated heterocycles. The molecule has 0 radical (unpaired) electrons. The monoisotopic (exact) mass is 531 g/mol. The number of halogens is 3. The average molecular weight is 532 g/mol. The van der Waals surface area contributed by atoms with Gasteiger partial charge in [0.25, 0.3) is 0 Å². The number of piperidine rings is 1. The predicted molar refractivity (Wildman–Crippen MR) is 137 cm³/mol. The van der Waals surface area contributed by atoms with E-state index in [-0.39, 0.29) is 29.6 Å². The number of para-hydroxylation sites is 1. The van der Waals surface area contributed by atoms with E-state index in [2.05, 4.69) is 15.5 Å². The largest absolute Gasteiger partial charge is 0.505 e. The van der Waals surface area contributed by atoms with Gasteiger partial charge in [-0.25, -0.2) is 4.99 Å². The maximum atomic E-state index is 13.3. The molecule has 4 rings (SSSR count). The number of anilines is 2. The van der Waals surface area contributed by atoms with E-state index in [0.29, 0.717) is 31.5 Å². The van der Waals surface area contributed by atoms with Crippen LogP contribution in [0.1, 0.15) is 41.9 Å². The summed E-state index contributed by atoms with van der Waals surface area (Å²) in [5, 5.41) is 23.8. The number of aliphatic carboxylic acids is 1. The standard InChI is InChI=1S/C26H28F3N5O4/c1-15-6-7-18(12-16(15)2)34-21(13-26(27,28)29)30-24(25(34)38)32-31-20-5-3-4-19(23(20)37)17-8-10-33(11-9-17)14-22(35)36/h3-7,12,17,31,37H,8-11,13-14H2,1-2H3,(H,35,36). The van der Waals surface area contributed by atoms with Crippen molar-refractivity contribution in [2.75, 3.05) is 30.0 Å². The molecule has 0 unspecified atom stereocenters. The van der Waals surface area contributed by atoms with Crippen LogP contribution >= 0.6 is 0 Å². The van der Waals surface area contributed by atoms with E-state index in [1.807, 2.05) is 11.8 Å². The molecule has 1 amide bonds.